The van der Waals surface area contributed by atoms with Crippen LogP contribution in [0.5, 0.6) is 0 Å². The molecule has 6 heteroatoms. The van der Waals surface area contributed by atoms with Crippen LogP contribution in [0.15, 0.2) is 30.5 Å². The lowest BCUT2D eigenvalue weighted by atomic mass is 10.1. The smallest absolute Gasteiger partial charge is 0.247 e. The molecule has 1 aromatic carbocycles. The van der Waals surface area contributed by atoms with Crippen molar-refractivity contribution in [3.63, 3.8) is 0 Å². The van der Waals surface area contributed by atoms with E-state index in [0.29, 0.717) is 17.3 Å². The number of rotatable bonds is 6. The zero-order chi connectivity index (χ0) is 15.2. The SMILES string of the molecule is CCN(CC)c1nncc(Nc2cccc(C(C)=O)c2)n1. The summed E-state index contributed by atoms with van der Waals surface area (Å²) in [6.07, 6.45) is 1.56. The van der Waals surface area contributed by atoms with E-state index in [0.717, 1.165) is 18.8 Å². The van der Waals surface area contributed by atoms with Gasteiger partial charge in [0.15, 0.2) is 11.6 Å². The first kappa shape index (κ1) is 14.9. The second-order valence-electron chi connectivity index (χ2n) is 4.58. The van der Waals surface area contributed by atoms with Crippen LogP contribution >= 0.6 is 0 Å². The fraction of sp³-hybridized carbons (Fsp3) is 0.333. The number of hydrogen-bond acceptors (Lipinski definition) is 6. The third-order valence-electron chi connectivity index (χ3n) is 3.14. The van der Waals surface area contributed by atoms with Crippen molar-refractivity contribution in [2.75, 3.05) is 23.3 Å². The second kappa shape index (κ2) is 6.78. The van der Waals surface area contributed by atoms with Gasteiger partial charge >= 0.3 is 0 Å². The minimum absolute atomic E-state index is 0.0308. The van der Waals surface area contributed by atoms with Crippen molar-refractivity contribution in [2.45, 2.75) is 20.8 Å². The first-order valence-corrected chi connectivity index (χ1v) is 6.96. The van der Waals surface area contributed by atoms with E-state index in [1.807, 2.05) is 30.9 Å². The van der Waals surface area contributed by atoms with E-state index in [9.17, 15) is 4.79 Å². The number of ketones is 1. The predicted molar refractivity (Wildman–Crippen MR) is 83.1 cm³/mol. The number of nitrogens with zero attached hydrogens (tertiary/aromatic N) is 4. The van der Waals surface area contributed by atoms with Gasteiger partial charge < -0.3 is 10.2 Å². The summed E-state index contributed by atoms with van der Waals surface area (Å²) in [5.41, 5.74) is 1.46. The third kappa shape index (κ3) is 3.75. The summed E-state index contributed by atoms with van der Waals surface area (Å²) in [4.78, 5) is 17.9. The molecule has 6 nitrogen and oxygen atoms in total. The molecule has 0 saturated heterocycles. The van der Waals surface area contributed by atoms with Gasteiger partial charge in [-0.15, -0.1) is 5.10 Å². The fourth-order valence-corrected chi connectivity index (χ4v) is 1.96. The Morgan fingerprint density at radius 2 is 2.05 bits per heavy atom. The second-order valence-corrected chi connectivity index (χ2v) is 4.58. The van der Waals surface area contributed by atoms with Crippen molar-refractivity contribution < 1.29 is 4.79 Å². The highest BCUT2D eigenvalue weighted by atomic mass is 16.1. The van der Waals surface area contributed by atoms with E-state index in [1.165, 1.54) is 0 Å². The molecule has 0 saturated carbocycles. The maximum absolute atomic E-state index is 11.4. The summed E-state index contributed by atoms with van der Waals surface area (Å²) >= 11 is 0. The molecule has 2 rings (SSSR count). The first-order valence-electron chi connectivity index (χ1n) is 6.96. The van der Waals surface area contributed by atoms with E-state index in [1.54, 1.807) is 25.3 Å². The molecule has 1 N–H and O–H groups in total. The number of hydrogen-bond donors (Lipinski definition) is 1. The molecule has 110 valence electrons. The topological polar surface area (TPSA) is 71.0 Å². The lowest BCUT2D eigenvalue weighted by Gasteiger charge is -2.18. The molecule has 0 bridgehead atoms. The van der Waals surface area contributed by atoms with Crippen LogP contribution in [0.3, 0.4) is 0 Å². The molecule has 0 spiro atoms. The van der Waals surface area contributed by atoms with Crippen LogP contribution in [0.2, 0.25) is 0 Å². The fourth-order valence-electron chi connectivity index (χ4n) is 1.96. The summed E-state index contributed by atoms with van der Waals surface area (Å²) in [5.74, 6) is 1.23. The van der Waals surface area contributed by atoms with Crippen LogP contribution in [-0.2, 0) is 0 Å². The van der Waals surface area contributed by atoms with Crippen molar-refractivity contribution >= 4 is 23.2 Å². The summed E-state index contributed by atoms with van der Waals surface area (Å²) in [7, 11) is 0. The molecule has 0 fully saturated rings. The Labute approximate surface area is 124 Å². The van der Waals surface area contributed by atoms with Gasteiger partial charge in [0.1, 0.15) is 0 Å². The van der Waals surface area contributed by atoms with Crippen molar-refractivity contribution in [1.29, 1.82) is 0 Å². The van der Waals surface area contributed by atoms with Crippen molar-refractivity contribution in [3.8, 4) is 0 Å². The Morgan fingerprint density at radius 1 is 1.29 bits per heavy atom. The lowest BCUT2D eigenvalue weighted by molar-refractivity contribution is 0.101. The van der Waals surface area contributed by atoms with Crippen molar-refractivity contribution in [3.05, 3.63) is 36.0 Å². The van der Waals surface area contributed by atoms with E-state index in [4.69, 9.17) is 0 Å². The van der Waals surface area contributed by atoms with Crippen LogP contribution in [0.25, 0.3) is 0 Å². The van der Waals surface area contributed by atoms with Gasteiger partial charge in [-0.05, 0) is 32.9 Å². The summed E-state index contributed by atoms with van der Waals surface area (Å²) < 4.78 is 0. The van der Waals surface area contributed by atoms with Crippen LogP contribution in [-0.4, -0.2) is 34.1 Å². The summed E-state index contributed by atoms with van der Waals surface area (Å²) in [6.45, 7) is 7.28. The van der Waals surface area contributed by atoms with Gasteiger partial charge in [-0.3, -0.25) is 4.79 Å². The molecule has 0 aliphatic carbocycles. The molecule has 0 radical (unpaired) electrons. The molecule has 1 aromatic heterocycles. The molecule has 0 amide bonds. The predicted octanol–water partition coefficient (Wildman–Crippen LogP) is 2.66. The monoisotopic (exact) mass is 285 g/mol. The van der Waals surface area contributed by atoms with Gasteiger partial charge in [0.05, 0.1) is 6.20 Å². The standard InChI is InChI=1S/C15H19N5O/c1-4-20(5-2)15-18-14(10-16-19-15)17-13-8-6-7-12(9-13)11(3)21/h6-10H,4-5H2,1-3H3,(H,17,18,19). The van der Waals surface area contributed by atoms with Gasteiger partial charge in [0.2, 0.25) is 5.95 Å². The zero-order valence-electron chi connectivity index (χ0n) is 12.5. The maximum atomic E-state index is 11.4. The number of benzene rings is 1. The Hall–Kier alpha value is -2.50. The molecule has 0 atom stereocenters. The number of carbonyl (C=O) groups is 1. The van der Waals surface area contributed by atoms with Crippen LogP contribution in [0.1, 0.15) is 31.1 Å². The Morgan fingerprint density at radius 3 is 2.71 bits per heavy atom. The highest BCUT2D eigenvalue weighted by molar-refractivity contribution is 5.95. The molecular weight excluding hydrogens is 266 g/mol. The minimum atomic E-state index is 0.0308. The molecule has 21 heavy (non-hydrogen) atoms. The number of aromatic nitrogens is 3. The van der Waals surface area contributed by atoms with E-state index < -0.39 is 0 Å². The average molecular weight is 285 g/mol. The van der Waals surface area contributed by atoms with Crippen LogP contribution in [0.4, 0.5) is 17.5 Å². The lowest BCUT2D eigenvalue weighted by Crippen LogP contribution is -2.24. The Balaban J connectivity index is 2.22. The van der Waals surface area contributed by atoms with Gasteiger partial charge in [0, 0.05) is 24.3 Å². The Kier molecular flexibility index (Phi) is 4.81. The molecular formula is C15H19N5O. The maximum Gasteiger partial charge on any atom is 0.247 e. The number of nitrogens with one attached hydrogen (secondary N) is 1. The highest BCUT2D eigenvalue weighted by Gasteiger charge is 2.07. The van der Waals surface area contributed by atoms with Gasteiger partial charge in [-0.25, -0.2) is 0 Å². The Bertz CT molecular complexity index is 625. The van der Waals surface area contributed by atoms with Gasteiger partial charge in [-0.1, -0.05) is 12.1 Å². The molecule has 1 heterocycles. The van der Waals surface area contributed by atoms with E-state index in [-0.39, 0.29) is 5.78 Å². The molecule has 0 aliphatic rings. The number of anilines is 3. The van der Waals surface area contributed by atoms with Crippen LogP contribution in [0, 0.1) is 0 Å². The van der Waals surface area contributed by atoms with Crippen molar-refractivity contribution in [1.82, 2.24) is 15.2 Å². The number of Topliss-reactive ketones (excluding diaryl/α,β-unsaturated/α-hetero) is 1. The minimum Gasteiger partial charge on any atom is -0.340 e. The summed E-state index contributed by atoms with van der Waals surface area (Å²) in [6, 6.07) is 7.29. The third-order valence-corrected chi connectivity index (χ3v) is 3.14. The molecule has 2 aromatic rings. The largest absolute Gasteiger partial charge is 0.340 e. The van der Waals surface area contributed by atoms with Gasteiger partial charge in [-0.2, -0.15) is 10.1 Å². The van der Waals surface area contributed by atoms with Crippen LogP contribution < -0.4 is 10.2 Å². The average Bonchev–Trinajstić information content (AvgIpc) is 2.49. The quantitative estimate of drug-likeness (QED) is 0.823. The molecule has 0 aliphatic heterocycles. The normalized spacial score (nSPS) is 10.2. The number of carbonyl (C=O) groups excluding carboxylic acids is 1. The van der Waals surface area contributed by atoms with E-state index >= 15 is 0 Å². The van der Waals surface area contributed by atoms with E-state index in [2.05, 4.69) is 20.5 Å². The van der Waals surface area contributed by atoms with Gasteiger partial charge in [0.25, 0.3) is 0 Å². The molecule has 0 unspecified atom stereocenters. The highest BCUT2D eigenvalue weighted by Crippen LogP contribution is 2.17. The zero-order valence-corrected chi connectivity index (χ0v) is 12.5. The summed E-state index contributed by atoms with van der Waals surface area (Å²) in [5, 5.41) is 11.2. The van der Waals surface area contributed by atoms with Crippen molar-refractivity contribution in [2.24, 2.45) is 0 Å². The first-order chi connectivity index (χ1) is 10.1.